The van der Waals surface area contributed by atoms with Gasteiger partial charge >= 0.3 is 0 Å². The molecule has 0 bridgehead atoms. The molecule has 2 heterocycles. The van der Waals surface area contributed by atoms with Gasteiger partial charge in [-0.15, -0.1) is 10.2 Å². The van der Waals surface area contributed by atoms with Crippen molar-refractivity contribution in [3.05, 3.63) is 30.2 Å². The summed E-state index contributed by atoms with van der Waals surface area (Å²) in [6.45, 7) is 5.14. The Labute approximate surface area is 156 Å². The number of nitrogens with one attached hydrogen (secondary N) is 1. The van der Waals surface area contributed by atoms with Gasteiger partial charge in [-0.2, -0.15) is 0 Å². The highest BCUT2D eigenvalue weighted by molar-refractivity contribution is 8.00. The van der Waals surface area contributed by atoms with Crippen LogP contribution >= 0.6 is 11.8 Å². The van der Waals surface area contributed by atoms with E-state index in [1.54, 1.807) is 0 Å². The number of hydrogen-bond acceptors (Lipinski definition) is 7. The van der Waals surface area contributed by atoms with Gasteiger partial charge < -0.3 is 19.4 Å². The van der Waals surface area contributed by atoms with Gasteiger partial charge in [0.25, 0.3) is 5.22 Å². The number of hydrogen-bond donors (Lipinski definition) is 1. The number of aromatic nitrogens is 2. The van der Waals surface area contributed by atoms with E-state index < -0.39 is 0 Å². The van der Waals surface area contributed by atoms with E-state index in [-0.39, 0.29) is 11.2 Å². The maximum atomic E-state index is 12.4. The molecule has 1 aliphatic heterocycles. The molecule has 7 nitrogen and oxygen atoms in total. The van der Waals surface area contributed by atoms with Crippen LogP contribution in [-0.2, 0) is 9.53 Å². The van der Waals surface area contributed by atoms with E-state index in [4.69, 9.17) is 9.15 Å². The molecule has 0 radical (unpaired) electrons. The predicted octanol–water partition coefficient (Wildman–Crippen LogP) is 2.90. The Morgan fingerprint density at radius 2 is 1.96 bits per heavy atom. The summed E-state index contributed by atoms with van der Waals surface area (Å²) in [7, 11) is 0. The van der Waals surface area contributed by atoms with Gasteiger partial charge in [0, 0.05) is 30.4 Å². The topological polar surface area (TPSA) is 80.5 Å². The summed E-state index contributed by atoms with van der Waals surface area (Å²) in [6.07, 6.45) is 2.23. The maximum Gasteiger partial charge on any atom is 0.277 e. The molecule has 1 saturated heterocycles. The summed E-state index contributed by atoms with van der Waals surface area (Å²) < 4.78 is 11.0. The van der Waals surface area contributed by atoms with Crippen LogP contribution < -0.4 is 10.2 Å². The predicted molar refractivity (Wildman–Crippen MR) is 99.7 cm³/mol. The Hall–Kier alpha value is -2.06. The van der Waals surface area contributed by atoms with Crippen molar-refractivity contribution in [1.29, 1.82) is 0 Å². The number of amides is 1. The Morgan fingerprint density at radius 3 is 2.65 bits per heavy atom. The van der Waals surface area contributed by atoms with Crippen LogP contribution in [0.2, 0.25) is 0 Å². The quantitative estimate of drug-likeness (QED) is 0.779. The maximum absolute atomic E-state index is 12.4. The molecule has 8 heteroatoms. The second kappa shape index (κ2) is 7.67. The fraction of sp³-hybridized carbons (Fsp3) is 0.500. The molecule has 2 aliphatic rings. The molecule has 4 rings (SSSR count). The van der Waals surface area contributed by atoms with Crippen LogP contribution in [0.25, 0.3) is 0 Å². The number of morpholine rings is 1. The lowest BCUT2D eigenvalue weighted by molar-refractivity contribution is -0.115. The molecule has 1 saturated carbocycles. The molecule has 0 spiro atoms. The number of carbonyl (C=O) groups is 1. The van der Waals surface area contributed by atoms with Crippen LogP contribution in [0.4, 0.5) is 11.4 Å². The van der Waals surface area contributed by atoms with Crippen molar-refractivity contribution >= 4 is 29.0 Å². The lowest BCUT2D eigenvalue weighted by Crippen LogP contribution is -2.36. The molecule has 1 aromatic carbocycles. The Kier molecular flexibility index (Phi) is 5.12. The third-order valence-electron chi connectivity index (χ3n) is 4.51. The fourth-order valence-electron chi connectivity index (χ4n) is 2.79. The Morgan fingerprint density at radius 1 is 1.23 bits per heavy atom. The number of nitrogens with zero attached hydrogens (tertiary/aromatic N) is 3. The second-order valence-corrected chi connectivity index (χ2v) is 7.87. The molecule has 1 amide bonds. The van der Waals surface area contributed by atoms with Crippen molar-refractivity contribution < 1.29 is 13.9 Å². The zero-order valence-corrected chi connectivity index (χ0v) is 15.5. The second-order valence-electron chi connectivity index (χ2n) is 6.58. The lowest BCUT2D eigenvalue weighted by atomic mass is 10.2. The van der Waals surface area contributed by atoms with Crippen molar-refractivity contribution in [2.24, 2.45) is 0 Å². The number of anilines is 2. The largest absolute Gasteiger partial charge is 0.416 e. The number of ether oxygens (including phenoxy) is 1. The molecule has 1 aromatic heterocycles. The number of thioether (sulfide) groups is 1. The van der Waals surface area contributed by atoms with E-state index in [9.17, 15) is 4.79 Å². The van der Waals surface area contributed by atoms with Crippen molar-refractivity contribution in [2.45, 2.75) is 36.2 Å². The minimum Gasteiger partial charge on any atom is -0.416 e. The van der Waals surface area contributed by atoms with Crippen LogP contribution in [0, 0.1) is 0 Å². The van der Waals surface area contributed by atoms with E-state index >= 15 is 0 Å². The summed E-state index contributed by atoms with van der Waals surface area (Å²) in [4.78, 5) is 14.7. The van der Waals surface area contributed by atoms with Gasteiger partial charge in [0.1, 0.15) is 0 Å². The van der Waals surface area contributed by atoms with Crippen molar-refractivity contribution in [2.75, 3.05) is 36.5 Å². The smallest absolute Gasteiger partial charge is 0.277 e. The number of carbonyl (C=O) groups excluding carboxylic acids is 1. The monoisotopic (exact) mass is 374 g/mol. The van der Waals surface area contributed by atoms with E-state index in [1.165, 1.54) is 11.8 Å². The normalized spacial score (nSPS) is 18.6. The standard InChI is InChI=1S/C18H22N4O3S/c1-12(26-18-21-20-17(25-18)13-2-3-13)16(23)19-14-4-6-15(7-5-14)22-8-10-24-11-9-22/h4-7,12-13H,2-3,8-11H2,1H3,(H,19,23)/t12-/m1/s1. The minimum atomic E-state index is -0.318. The first-order valence-corrected chi connectivity index (χ1v) is 9.81. The zero-order chi connectivity index (χ0) is 17.9. The Bertz CT molecular complexity index is 754. The lowest BCUT2D eigenvalue weighted by Gasteiger charge is -2.28. The molecule has 0 unspecified atom stereocenters. The zero-order valence-electron chi connectivity index (χ0n) is 14.7. The van der Waals surface area contributed by atoms with E-state index in [0.29, 0.717) is 17.0 Å². The van der Waals surface area contributed by atoms with Gasteiger partial charge in [-0.1, -0.05) is 11.8 Å². The van der Waals surface area contributed by atoms with Gasteiger partial charge in [0.2, 0.25) is 11.8 Å². The third kappa shape index (κ3) is 4.19. The van der Waals surface area contributed by atoms with Crippen LogP contribution in [-0.4, -0.2) is 47.7 Å². The van der Waals surface area contributed by atoms with Crippen LogP contribution in [0.15, 0.2) is 33.9 Å². The first kappa shape index (κ1) is 17.4. The number of rotatable bonds is 6. The highest BCUT2D eigenvalue weighted by Gasteiger charge is 2.30. The van der Waals surface area contributed by atoms with E-state index in [2.05, 4.69) is 20.4 Å². The summed E-state index contributed by atoms with van der Waals surface area (Å²) in [6, 6.07) is 7.91. The summed E-state index contributed by atoms with van der Waals surface area (Å²) in [5.74, 6) is 1.03. The molecule has 2 fully saturated rings. The molecule has 1 N–H and O–H groups in total. The first-order valence-electron chi connectivity index (χ1n) is 8.93. The van der Waals surface area contributed by atoms with Crippen molar-refractivity contribution in [1.82, 2.24) is 10.2 Å². The van der Waals surface area contributed by atoms with Gasteiger partial charge in [-0.3, -0.25) is 4.79 Å². The highest BCUT2D eigenvalue weighted by Crippen LogP contribution is 2.40. The average molecular weight is 374 g/mol. The van der Waals surface area contributed by atoms with Crippen molar-refractivity contribution in [3.8, 4) is 0 Å². The van der Waals surface area contributed by atoms with Crippen LogP contribution in [0.3, 0.4) is 0 Å². The number of benzene rings is 1. The highest BCUT2D eigenvalue weighted by atomic mass is 32.2. The summed E-state index contributed by atoms with van der Waals surface area (Å²) >= 11 is 1.29. The fourth-order valence-corrected chi connectivity index (χ4v) is 3.48. The van der Waals surface area contributed by atoms with Gasteiger partial charge in [-0.05, 0) is 44.0 Å². The molecule has 1 aliphatic carbocycles. The van der Waals surface area contributed by atoms with E-state index in [1.807, 2.05) is 31.2 Å². The molecular weight excluding hydrogens is 352 g/mol. The van der Waals surface area contributed by atoms with E-state index in [0.717, 1.165) is 50.5 Å². The molecule has 1 atom stereocenters. The minimum absolute atomic E-state index is 0.0831. The summed E-state index contributed by atoms with van der Waals surface area (Å²) in [5, 5.41) is 11.1. The SMILES string of the molecule is C[C@@H](Sc1nnc(C2CC2)o1)C(=O)Nc1ccc(N2CCOCC2)cc1. The Balaban J connectivity index is 1.31. The van der Waals surface area contributed by atoms with Gasteiger partial charge in [0.05, 0.1) is 18.5 Å². The first-order chi connectivity index (χ1) is 12.7. The van der Waals surface area contributed by atoms with Crippen LogP contribution in [0.5, 0.6) is 0 Å². The molecule has 2 aromatic rings. The molecule has 26 heavy (non-hydrogen) atoms. The van der Waals surface area contributed by atoms with Crippen molar-refractivity contribution in [3.63, 3.8) is 0 Å². The summed E-state index contributed by atoms with van der Waals surface area (Å²) in [5.41, 5.74) is 1.93. The molecule has 138 valence electrons. The molecular formula is C18H22N4O3S. The third-order valence-corrected chi connectivity index (χ3v) is 5.44. The average Bonchev–Trinajstić information content (AvgIpc) is 3.42. The van der Waals surface area contributed by atoms with Gasteiger partial charge in [0.15, 0.2) is 0 Å². The van der Waals surface area contributed by atoms with Crippen LogP contribution in [0.1, 0.15) is 31.6 Å². The van der Waals surface area contributed by atoms with Gasteiger partial charge in [-0.25, -0.2) is 0 Å².